The third kappa shape index (κ3) is 9.44. The quantitative estimate of drug-likeness (QED) is 0.146. The van der Waals surface area contributed by atoms with E-state index in [0.29, 0.717) is 0 Å². The molecule has 3 amide bonds. The molecule has 0 saturated carbocycles. The zero-order valence-corrected chi connectivity index (χ0v) is 14.6. The van der Waals surface area contributed by atoms with E-state index in [9.17, 15) is 28.8 Å². The average molecular weight is 406 g/mol. The maximum absolute atomic E-state index is 12.2. The Balaban J connectivity index is 5.21. The molecule has 0 aromatic carbocycles. The lowest BCUT2D eigenvalue weighted by Crippen LogP contribution is -2.57. The Labute approximate surface area is 158 Å². The van der Waals surface area contributed by atoms with E-state index >= 15 is 0 Å². The SMILES string of the molecule is NCC(=O)N[C@@H](CO)C(=O)N[C@@H](CC(=O)O)C(=O)N[C@@H](CCC(=O)O)C(=O)O. The van der Waals surface area contributed by atoms with E-state index in [2.05, 4.69) is 0 Å². The van der Waals surface area contributed by atoms with Gasteiger partial charge < -0.3 is 42.1 Å². The van der Waals surface area contributed by atoms with Gasteiger partial charge in [-0.25, -0.2) is 4.79 Å². The number of aliphatic hydroxyl groups excluding tert-OH is 1. The number of carbonyl (C=O) groups is 6. The van der Waals surface area contributed by atoms with Crippen molar-refractivity contribution in [2.75, 3.05) is 13.2 Å². The smallest absolute Gasteiger partial charge is 0.326 e. The Hall–Kier alpha value is -3.26. The molecular formula is C14H22N4O10. The second-order valence-electron chi connectivity index (χ2n) is 5.50. The van der Waals surface area contributed by atoms with Crippen molar-refractivity contribution in [3.05, 3.63) is 0 Å². The van der Waals surface area contributed by atoms with Gasteiger partial charge in [-0.1, -0.05) is 0 Å². The lowest BCUT2D eigenvalue weighted by molar-refractivity contribution is -0.144. The molecule has 0 aromatic heterocycles. The zero-order chi connectivity index (χ0) is 21.9. The van der Waals surface area contributed by atoms with Crippen LogP contribution in [-0.2, 0) is 28.8 Å². The summed E-state index contributed by atoms with van der Waals surface area (Å²) in [4.78, 5) is 68.1. The molecule has 0 rings (SSSR count). The van der Waals surface area contributed by atoms with Gasteiger partial charge in [0.15, 0.2) is 0 Å². The van der Waals surface area contributed by atoms with Crippen molar-refractivity contribution >= 4 is 35.6 Å². The van der Waals surface area contributed by atoms with Crippen LogP contribution in [0, 0.1) is 0 Å². The summed E-state index contributed by atoms with van der Waals surface area (Å²) >= 11 is 0. The maximum atomic E-state index is 12.2. The van der Waals surface area contributed by atoms with E-state index in [1.807, 2.05) is 16.0 Å². The largest absolute Gasteiger partial charge is 0.481 e. The third-order valence-corrected chi connectivity index (χ3v) is 3.29. The summed E-state index contributed by atoms with van der Waals surface area (Å²) in [7, 11) is 0. The summed E-state index contributed by atoms with van der Waals surface area (Å²) < 4.78 is 0. The fourth-order valence-electron chi connectivity index (χ4n) is 1.90. The number of nitrogens with one attached hydrogen (secondary N) is 3. The molecule has 0 fully saturated rings. The maximum Gasteiger partial charge on any atom is 0.326 e. The molecule has 0 bridgehead atoms. The summed E-state index contributed by atoms with van der Waals surface area (Å²) in [5.74, 6) is -7.48. The minimum absolute atomic E-state index is 0.476. The van der Waals surface area contributed by atoms with Crippen molar-refractivity contribution in [1.82, 2.24) is 16.0 Å². The van der Waals surface area contributed by atoms with Gasteiger partial charge in [-0.3, -0.25) is 24.0 Å². The standard InChI is InChI=1S/C14H22N4O10/c15-4-9(20)16-8(5-19)13(26)18-7(3-11(23)24)12(25)17-6(14(27)28)1-2-10(21)22/h6-8,19H,1-5,15H2,(H,16,20)(H,17,25)(H,18,26)(H,21,22)(H,23,24)(H,27,28)/t6-,7-,8-/m0/s1. The minimum Gasteiger partial charge on any atom is -0.481 e. The lowest BCUT2D eigenvalue weighted by atomic mass is 10.1. The Morgan fingerprint density at radius 2 is 1.32 bits per heavy atom. The van der Waals surface area contributed by atoms with Gasteiger partial charge in [-0.15, -0.1) is 0 Å². The normalized spacial score (nSPS) is 13.5. The van der Waals surface area contributed by atoms with E-state index in [1.54, 1.807) is 0 Å². The first kappa shape index (κ1) is 24.7. The van der Waals surface area contributed by atoms with Crippen LogP contribution in [0.25, 0.3) is 0 Å². The molecule has 14 nitrogen and oxygen atoms in total. The number of carboxylic acids is 3. The van der Waals surface area contributed by atoms with Crippen LogP contribution in [0.5, 0.6) is 0 Å². The number of rotatable bonds is 13. The monoisotopic (exact) mass is 406 g/mol. The Kier molecular flexibility index (Phi) is 10.8. The molecule has 0 aliphatic carbocycles. The van der Waals surface area contributed by atoms with Crippen molar-refractivity contribution in [3.63, 3.8) is 0 Å². The fourth-order valence-corrected chi connectivity index (χ4v) is 1.90. The Bertz CT molecular complexity index is 623. The van der Waals surface area contributed by atoms with E-state index < -0.39 is 86.2 Å². The summed E-state index contributed by atoms with van der Waals surface area (Å²) in [5, 5.41) is 41.6. The number of hydrogen-bond donors (Lipinski definition) is 8. The van der Waals surface area contributed by atoms with E-state index in [1.165, 1.54) is 0 Å². The predicted octanol–water partition coefficient (Wildman–Crippen LogP) is -4.18. The first-order chi connectivity index (χ1) is 13.0. The number of aliphatic carboxylic acids is 3. The van der Waals surface area contributed by atoms with Crippen LogP contribution in [0.2, 0.25) is 0 Å². The molecule has 0 aromatic rings. The van der Waals surface area contributed by atoms with Gasteiger partial charge in [0, 0.05) is 6.42 Å². The number of carbonyl (C=O) groups excluding carboxylic acids is 3. The number of amides is 3. The first-order valence-electron chi connectivity index (χ1n) is 7.89. The summed E-state index contributed by atoms with van der Waals surface area (Å²) in [6, 6.07) is -4.91. The molecule has 28 heavy (non-hydrogen) atoms. The number of carboxylic acid groups (broad SMARTS) is 3. The zero-order valence-electron chi connectivity index (χ0n) is 14.6. The molecule has 0 aliphatic rings. The van der Waals surface area contributed by atoms with Crippen molar-refractivity contribution < 1.29 is 49.2 Å². The molecule has 9 N–H and O–H groups in total. The summed E-state index contributed by atoms with van der Waals surface area (Å²) in [6.07, 6.45) is -1.99. The van der Waals surface area contributed by atoms with Gasteiger partial charge in [0.2, 0.25) is 17.7 Å². The van der Waals surface area contributed by atoms with Crippen molar-refractivity contribution in [2.24, 2.45) is 5.73 Å². The van der Waals surface area contributed by atoms with Crippen LogP contribution in [0.4, 0.5) is 0 Å². The highest BCUT2D eigenvalue weighted by atomic mass is 16.4. The minimum atomic E-state index is -1.75. The van der Waals surface area contributed by atoms with Crippen molar-refractivity contribution in [1.29, 1.82) is 0 Å². The number of aliphatic hydroxyl groups is 1. The van der Waals surface area contributed by atoms with Gasteiger partial charge in [0.05, 0.1) is 19.6 Å². The number of hydrogen-bond acceptors (Lipinski definition) is 8. The lowest BCUT2D eigenvalue weighted by Gasteiger charge is -2.22. The highest BCUT2D eigenvalue weighted by molar-refractivity contribution is 5.95. The topological polar surface area (TPSA) is 245 Å². The Morgan fingerprint density at radius 1 is 0.786 bits per heavy atom. The summed E-state index contributed by atoms with van der Waals surface area (Å²) in [6.45, 7) is -1.37. The van der Waals surface area contributed by atoms with Crippen molar-refractivity contribution in [3.8, 4) is 0 Å². The van der Waals surface area contributed by atoms with E-state index in [0.717, 1.165) is 0 Å². The van der Waals surface area contributed by atoms with E-state index in [4.69, 9.17) is 26.2 Å². The molecule has 0 aliphatic heterocycles. The third-order valence-electron chi connectivity index (χ3n) is 3.29. The molecular weight excluding hydrogens is 384 g/mol. The predicted molar refractivity (Wildman–Crippen MR) is 88.7 cm³/mol. The fraction of sp³-hybridized carbons (Fsp3) is 0.571. The second-order valence-corrected chi connectivity index (χ2v) is 5.50. The average Bonchev–Trinajstić information content (AvgIpc) is 2.60. The molecule has 0 unspecified atom stereocenters. The van der Waals surface area contributed by atoms with Crippen molar-refractivity contribution in [2.45, 2.75) is 37.4 Å². The molecule has 0 saturated heterocycles. The van der Waals surface area contributed by atoms with Crippen LogP contribution in [0.3, 0.4) is 0 Å². The van der Waals surface area contributed by atoms with Crippen LogP contribution < -0.4 is 21.7 Å². The highest BCUT2D eigenvalue weighted by Crippen LogP contribution is 2.02. The van der Waals surface area contributed by atoms with Gasteiger partial charge >= 0.3 is 17.9 Å². The van der Waals surface area contributed by atoms with Gasteiger partial charge in [0.25, 0.3) is 0 Å². The van der Waals surface area contributed by atoms with Crippen LogP contribution >= 0.6 is 0 Å². The van der Waals surface area contributed by atoms with Gasteiger partial charge in [0.1, 0.15) is 18.1 Å². The summed E-state index contributed by atoms with van der Waals surface area (Å²) in [5.41, 5.74) is 5.06. The van der Waals surface area contributed by atoms with Gasteiger partial charge in [-0.2, -0.15) is 0 Å². The Morgan fingerprint density at radius 3 is 1.75 bits per heavy atom. The molecule has 14 heteroatoms. The molecule has 0 heterocycles. The molecule has 0 radical (unpaired) electrons. The molecule has 0 spiro atoms. The van der Waals surface area contributed by atoms with E-state index in [-0.39, 0.29) is 0 Å². The highest BCUT2D eigenvalue weighted by Gasteiger charge is 2.30. The number of nitrogens with two attached hydrogens (primary N) is 1. The first-order valence-corrected chi connectivity index (χ1v) is 7.89. The van der Waals surface area contributed by atoms with Crippen LogP contribution in [0.1, 0.15) is 19.3 Å². The second kappa shape index (κ2) is 12.2. The van der Waals surface area contributed by atoms with Crippen LogP contribution in [-0.4, -0.2) is 87.3 Å². The van der Waals surface area contributed by atoms with Crippen LogP contribution in [0.15, 0.2) is 0 Å². The molecule has 158 valence electrons. The molecule has 3 atom stereocenters. The van der Waals surface area contributed by atoms with Gasteiger partial charge in [-0.05, 0) is 6.42 Å².